The average molecular weight is 331 g/mol. The molecule has 1 aromatic carbocycles. The normalized spacial score (nSPS) is 15.4. The monoisotopic (exact) mass is 331 g/mol. The van der Waals surface area contributed by atoms with Crippen LogP contribution in [0, 0.1) is 13.8 Å². The molecule has 2 rings (SSSR count). The van der Waals surface area contributed by atoms with Crippen molar-refractivity contribution >= 4 is 17.5 Å². The lowest BCUT2D eigenvalue weighted by molar-refractivity contribution is -0.132. The van der Waals surface area contributed by atoms with Gasteiger partial charge in [0.05, 0.1) is 0 Å². The van der Waals surface area contributed by atoms with Crippen LogP contribution in [0.15, 0.2) is 18.2 Å². The van der Waals surface area contributed by atoms with Crippen molar-refractivity contribution < 1.29 is 9.59 Å². The first-order chi connectivity index (χ1) is 11.4. The van der Waals surface area contributed by atoms with Crippen LogP contribution in [-0.4, -0.2) is 60.9 Å². The van der Waals surface area contributed by atoms with Gasteiger partial charge in [-0.15, -0.1) is 0 Å². The van der Waals surface area contributed by atoms with Crippen molar-refractivity contribution in [2.45, 2.75) is 34.1 Å². The van der Waals surface area contributed by atoms with E-state index in [2.05, 4.69) is 11.8 Å². The molecule has 1 aromatic rings. The van der Waals surface area contributed by atoms with Crippen molar-refractivity contribution in [1.29, 1.82) is 0 Å². The zero-order valence-corrected chi connectivity index (χ0v) is 15.3. The molecular weight excluding hydrogens is 302 g/mol. The molecule has 1 aliphatic rings. The van der Waals surface area contributed by atoms with Gasteiger partial charge >= 0.3 is 0 Å². The largest absolute Gasteiger partial charge is 0.340 e. The van der Waals surface area contributed by atoms with E-state index in [1.165, 1.54) is 0 Å². The second-order valence-electron chi connectivity index (χ2n) is 6.48. The first kappa shape index (κ1) is 18.5. The zero-order chi connectivity index (χ0) is 17.7. The van der Waals surface area contributed by atoms with Gasteiger partial charge in [-0.3, -0.25) is 9.59 Å². The summed E-state index contributed by atoms with van der Waals surface area (Å²) in [5, 5.41) is 0. The number of carbonyl (C=O) groups excluding carboxylic acids is 2. The number of hydrogen-bond acceptors (Lipinski definition) is 3. The van der Waals surface area contributed by atoms with E-state index in [1.54, 1.807) is 11.8 Å². The van der Waals surface area contributed by atoms with Gasteiger partial charge < -0.3 is 14.7 Å². The summed E-state index contributed by atoms with van der Waals surface area (Å²) in [6.45, 7) is 12.6. The molecule has 0 aliphatic carbocycles. The van der Waals surface area contributed by atoms with Gasteiger partial charge in [-0.05, 0) is 31.5 Å². The lowest BCUT2D eigenvalue weighted by atomic mass is 10.1. The van der Waals surface area contributed by atoms with Crippen molar-refractivity contribution in [3.05, 3.63) is 29.3 Å². The Hall–Kier alpha value is -1.88. The van der Waals surface area contributed by atoms with Crippen LogP contribution in [0.4, 0.5) is 5.69 Å². The summed E-state index contributed by atoms with van der Waals surface area (Å²) in [4.78, 5) is 30.6. The van der Waals surface area contributed by atoms with E-state index in [1.807, 2.05) is 36.9 Å². The quantitative estimate of drug-likeness (QED) is 0.831. The highest BCUT2D eigenvalue weighted by atomic mass is 16.2. The highest BCUT2D eigenvalue weighted by Gasteiger charge is 2.22. The van der Waals surface area contributed by atoms with Gasteiger partial charge in [-0.1, -0.05) is 25.1 Å². The minimum absolute atomic E-state index is 0.0176. The van der Waals surface area contributed by atoms with Crippen LogP contribution in [0.3, 0.4) is 0 Å². The molecule has 132 valence electrons. The standard InChI is InChI=1S/C19H29N3O2/c1-5-20-11-13-21(14-12-20)18(24)9-10-22(17(4)23)19-15(2)7-6-8-16(19)3/h6-8H,5,9-14H2,1-4H3. The molecule has 0 unspecified atom stereocenters. The van der Waals surface area contributed by atoms with Gasteiger partial charge in [0.25, 0.3) is 0 Å². The number of amides is 2. The molecule has 0 aromatic heterocycles. The lowest BCUT2D eigenvalue weighted by Crippen LogP contribution is -2.49. The number of carbonyl (C=O) groups is 2. The fourth-order valence-corrected chi connectivity index (χ4v) is 3.34. The van der Waals surface area contributed by atoms with E-state index in [4.69, 9.17) is 0 Å². The molecule has 1 saturated heterocycles. The molecule has 1 aliphatic heterocycles. The fourth-order valence-electron chi connectivity index (χ4n) is 3.34. The maximum atomic E-state index is 12.5. The van der Waals surface area contributed by atoms with Crippen LogP contribution in [-0.2, 0) is 9.59 Å². The average Bonchev–Trinajstić information content (AvgIpc) is 2.57. The Balaban J connectivity index is 2.00. The number of piperazine rings is 1. The lowest BCUT2D eigenvalue weighted by Gasteiger charge is -2.34. The van der Waals surface area contributed by atoms with Gasteiger partial charge in [0.1, 0.15) is 0 Å². The van der Waals surface area contributed by atoms with E-state index in [9.17, 15) is 9.59 Å². The predicted molar refractivity (Wildman–Crippen MR) is 97.3 cm³/mol. The summed E-state index contributed by atoms with van der Waals surface area (Å²) in [7, 11) is 0. The number of para-hydroxylation sites is 1. The molecule has 0 atom stereocenters. The third kappa shape index (κ3) is 4.35. The summed E-state index contributed by atoms with van der Waals surface area (Å²) < 4.78 is 0. The SMILES string of the molecule is CCN1CCN(C(=O)CCN(C(C)=O)c2c(C)cccc2C)CC1. The van der Waals surface area contributed by atoms with Crippen molar-refractivity contribution in [2.24, 2.45) is 0 Å². The maximum absolute atomic E-state index is 12.5. The van der Waals surface area contributed by atoms with E-state index >= 15 is 0 Å². The number of benzene rings is 1. The number of anilines is 1. The van der Waals surface area contributed by atoms with Gasteiger partial charge in [-0.25, -0.2) is 0 Å². The number of hydrogen-bond donors (Lipinski definition) is 0. The molecule has 0 N–H and O–H groups in total. The van der Waals surface area contributed by atoms with Crippen LogP contribution < -0.4 is 4.90 Å². The van der Waals surface area contributed by atoms with Crippen molar-refractivity contribution in [3.8, 4) is 0 Å². The van der Waals surface area contributed by atoms with Gasteiger partial charge in [0, 0.05) is 51.8 Å². The third-order valence-electron chi connectivity index (χ3n) is 4.81. The Morgan fingerprint density at radius 2 is 1.67 bits per heavy atom. The summed E-state index contributed by atoms with van der Waals surface area (Å²) in [6.07, 6.45) is 0.374. The predicted octanol–water partition coefficient (Wildman–Crippen LogP) is 2.21. The Labute approximate surface area is 145 Å². The first-order valence-electron chi connectivity index (χ1n) is 8.78. The first-order valence-corrected chi connectivity index (χ1v) is 8.78. The smallest absolute Gasteiger partial charge is 0.224 e. The topological polar surface area (TPSA) is 43.9 Å². The van der Waals surface area contributed by atoms with Crippen molar-refractivity contribution in [1.82, 2.24) is 9.80 Å². The number of likely N-dealkylation sites (N-methyl/N-ethyl adjacent to an activating group) is 1. The number of nitrogens with zero attached hydrogens (tertiary/aromatic N) is 3. The highest BCUT2D eigenvalue weighted by Crippen LogP contribution is 2.25. The second-order valence-corrected chi connectivity index (χ2v) is 6.48. The van der Waals surface area contributed by atoms with E-state index < -0.39 is 0 Å². The number of rotatable bonds is 5. The Morgan fingerprint density at radius 3 is 2.17 bits per heavy atom. The van der Waals surface area contributed by atoms with Crippen LogP contribution in [0.1, 0.15) is 31.4 Å². The van der Waals surface area contributed by atoms with Gasteiger partial charge in [0.2, 0.25) is 11.8 Å². The van der Waals surface area contributed by atoms with E-state index in [-0.39, 0.29) is 11.8 Å². The van der Waals surface area contributed by atoms with E-state index in [0.717, 1.165) is 49.5 Å². The molecule has 5 heteroatoms. The van der Waals surface area contributed by atoms with Crippen LogP contribution >= 0.6 is 0 Å². The van der Waals surface area contributed by atoms with Gasteiger partial charge in [-0.2, -0.15) is 0 Å². The molecular formula is C19H29N3O2. The summed E-state index contributed by atoms with van der Waals surface area (Å²) in [6, 6.07) is 6.00. The summed E-state index contributed by atoms with van der Waals surface area (Å²) >= 11 is 0. The summed E-state index contributed by atoms with van der Waals surface area (Å²) in [5.74, 6) is 0.124. The molecule has 1 fully saturated rings. The molecule has 24 heavy (non-hydrogen) atoms. The minimum atomic E-state index is -0.0176. The minimum Gasteiger partial charge on any atom is -0.340 e. The van der Waals surface area contributed by atoms with E-state index in [0.29, 0.717) is 13.0 Å². The van der Waals surface area contributed by atoms with Crippen LogP contribution in [0.5, 0.6) is 0 Å². The Kier molecular flexibility index (Phi) is 6.37. The third-order valence-corrected chi connectivity index (χ3v) is 4.81. The summed E-state index contributed by atoms with van der Waals surface area (Å²) in [5.41, 5.74) is 3.07. The van der Waals surface area contributed by atoms with Gasteiger partial charge in [0.15, 0.2) is 0 Å². The van der Waals surface area contributed by atoms with Crippen LogP contribution in [0.25, 0.3) is 0 Å². The highest BCUT2D eigenvalue weighted by molar-refractivity contribution is 5.94. The van der Waals surface area contributed by atoms with Crippen molar-refractivity contribution in [3.63, 3.8) is 0 Å². The second kappa shape index (κ2) is 8.29. The zero-order valence-electron chi connectivity index (χ0n) is 15.3. The molecule has 0 saturated carbocycles. The maximum Gasteiger partial charge on any atom is 0.224 e. The number of aryl methyl sites for hydroxylation is 2. The fraction of sp³-hybridized carbons (Fsp3) is 0.579. The molecule has 0 spiro atoms. The Morgan fingerprint density at radius 1 is 1.08 bits per heavy atom. The molecule has 1 heterocycles. The van der Waals surface area contributed by atoms with Crippen molar-refractivity contribution in [2.75, 3.05) is 44.2 Å². The Bertz CT molecular complexity index is 572. The molecule has 0 bridgehead atoms. The molecule has 0 radical (unpaired) electrons. The van der Waals surface area contributed by atoms with Crippen LogP contribution in [0.2, 0.25) is 0 Å². The molecule has 2 amide bonds. The molecule has 5 nitrogen and oxygen atoms in total.